The van der Waals surface area contributed by atoms with Gasteiger partial charge in [-0.05, 0) is 94.4 Å². The number of aryl methyl sites for hydroxylation is 2. The van der Waals surface area contributed by atoms with E-state index < -0.39 is 22.5 Å². The summed E-state index contributed by atoms with van der Waals surface area (Å²) in [5, 5.41) is 4.08. The van der Waals surface area contributed by atoms with Crippen LogP contribution in [-0.4, -0.2) is 38.3 Å². The molecule has 10 heteroatoms. The normalized spacial score (nSPS) is 11.5. The average Bonchev–Trinajstić information content (AvgIpc) is 3.21. The molecule has 208 valence electrons. The zero-order valence-corrected chi connectivity index (χ0v) is 23.6. The number of halogens is 1. The lowest BCUT2D eigenvalue weighted by atomic mass is 10.2. The second-order valence-electron chi connectivity index (χ2n) is 9.18. The van der Waals surface area contributed by atoms with Gasteiger partial charge in [0.25, 0.3) is 15.9 Å². The first-order chi connectivity index (χ1) is 19.1. The predicted molar refractivity (Wildman–Crippen MR) is 154 cm³/mol. The molecule has 0 unspecified atom stereocenters. The molecule has 4 rings (SSSR count). The van der Waals surface area contributed by atoms with Crippen LogP contribution in [0.2, 0.25) is 0 Å². The monoisotopic (exact) mass is 562 g/mol. The molecule has 1 amide bonds. The number of benzene rings is 3. The highest BCUT2D eigenvalue weighted by Crippen LogP contribution is 2.26. The minimum Gasteiger partial charge on any atom is -0.494 e. The van der Waals surface area contributed by atoms with E-state index in [9.17, 15) is 17.6 Å². The minimum atomic E-state index is -4.08. The van der Waals surface area contributed by atoms with Gasteiger partial charge in [0.1, 0.15) is 18.1 Å². The van der Waals surface area contributed by atoms with Crippen LogP contribution in [0.3, 0.4) is 0 Å². The summed E-state index contributed by atoms with van der Waals surface area (Å²) in [7, 11) is -4.08. The fourth-order valence-electron chi connectivity index (χ4n) is 4.27. The van der Waals surface area contributed by atoms with Crippen molar-refractivity contribution >= 4 is 27.8 Å². The minimum absolute atomic E-state index is 0.0288. The van der Waals surface area contributed by atoms with Crippen molar-refractivity contribution in [1.29, 1.82) is 0 Å². The summed E-state index contributed by atoms with van der Waals surface area (Å²) in [6.07, 6.45) is 1.50. The number of hydrogen-bond donors (Lipinski definition) is 1. The van der Waals surface area contributed by atoms with Crippen molar-refractivity contribution in [2.75, 3.05) is 17.5 Å². The number of anilines is 1. The molecule has 0 fully saturated rings. The first kappa shape index (κ1) is 28.6. The fraction of sp³-hybridized carbons (Fsp3) is 0.200. The van der Waals surface area contributed by atoms with E-state index in [4.69, 9.17) is 4.74 Å². The molecule has 1 aromatic heterocycles. The molecule has 0 aliphatic carbocycles. The van der Waals surface area contributed by atoms with E-state index in [2.05, 4.69) is 10.5 Å². The third kappa shape index (κ3) is 6.40. The fourth-order valence-corrected chi connectivity index (χ4v) is 5.69. The second kappa shape index (κ2) is 12.2. The topological polar surface area (TPSA) is 93.0 Å². The van der Waals surface area contributed by atoms with E-state index in [1.807, 2.05) is 38.3 Å². The maximum absolute atomic E-state index is 13.6. The molecule has 0 saturated heterocycles. The van der Waals surface area contributed by atoms with Crippen molar-refractivity contribution in [2.24, 2.45) is 5.10 Å². The Morgan fingerprint density at radius 2 is 1.65 bits per heavy atom. The number of sulfonamides is 1. The van der Waals surface area contributed by atoms with Crippen LogP contribution >= 0.6 is 0 Å². The van der Waals surface area contributed by atoms with E-state index in [0.29, 0.717) is 18.0 Å². The number of hydrogen-bond acceptors (Lipinski definition) is 5. The highest BCUT2D eigenvalue weighted by molar-refractivity contribution is 7.92. The van der Waals surface area contributed by atoms with Gasteiger partial charge >= 0.3 is 0 Å². The Balaban J connectivity index is 1.54. The quantitative estimate of drug-likeness (QED) is 0.210. The summed E-state index contributed by atoms with van der Waals surface area (Å²) >= 11 is 0. The van der Waals surface area contributed by atoms with Crippen LogP contribution in [0.1, 0.15) is 29.4 Å². The summed E-state index contributed by atoms with van der Waals surface area (Å²) in [6.45, 7) is 7.51. The van der Waals surface area contributed by atoms with Crippen LogP contribution in [0.4, 0.5) is 10.1 Å². The maximum atomic E-state index is 13.6. The third-order valence-corrected chi connectivity index (χ3v) is 8.07. The van der Waals surface area contributed by atoms with Crippen molar-refractivity contribution in [3.63, 3.8) is 0 Å². The first-order valence-electron chi connectivity index (χ1n) is 12.7. The molecule has 1 N–H and O–H groups in total. The molecule has 1 heterocycles. The molecule has 40 heavy (non-hydrogen) atoms. The molecule has 0 atom stereocenters. The van der Waals surface area contributed by atoms with Gasteiger partial charge in [-0.15, -0.1) is 0 Å². The lowest BCUT2D eigenvalue weighted by Gasteiger charge is -2.24. The average molecular weight is 563 g/mol. The summed E-state index contributed by atoms with van der Waals surface area (Å²) in [5.41, 5.74) is 7.05. The zero-order chi connectivity index (χ0) is 28.9. The molecule has 0 bridgehead atoms. The van der Waals surface area contributed by atoms with Gasteiger partial charge in [-0.25, -0.2) is 18.2 Å². The number of ether oxygens (including phenoxy) is 1. The number of nitrogens with zero attached hydrogens (tertiary/aromatic N) is 3. The van der Waals surface area contributed by atoms with Crippen LogP contribution in [0.25, 0.3) is 5.69 Å². The number of carbonyl (C=O) groups is 1. The Morgan fingerprint density at radius 1 is 1.00 bits per heavy atom. The second-order valence-corrected chi connectivity index (χ2v) is 11.0. The highest BCUT2D eigenvalue weighted by atomic mass is 32.2. The summed E-state index contributed by atoms with van der Waals surface area (Å²) < 4.78 is 49.0. The number of aromatic nitrogens is 1. The molecule has 4 aromatic rings. The van der Waals surface area contributed by atoms with Gasteiger partial charge in [-0.1, -0.05) is 17.7 Å². The van der Waals surface area contributed by atoms with E-state index >= 15 is 0 Å². The van der Waals surface area contributed by atoms with Crippen molar-refractivity contribution in [3.05, 3.63) is 107 Å². The zero-order valence-electron chi connectivity index (χ0n) is 22.8. The Kier molecular flexibility index (Phi) is 8.69. The van der Waals surface area contributed by atoms with Gasteiger partial charge in [-0.3, -0.25) is 9.10 Å². The van der Waals surface area contributed by atoms with Gasteiger partial charge in [0.05, 0.1) is 23.4 Å². The van der Waals surface area contributed by atoms with Crippen LogP contribution in [-0.2, 0) is 14.8 Å². The predicted octanol–water partition coefficient (Wildman–Crippen LogP) is 5.29. The molecule has 3 aromatic carbocycles. The maximum Gasteiger partial charge on any atom is 0.264 e. The smallest absolute Gasteiger partial charge is 0.264 e. The third-order valence-electron chi connectivity index (χ3n) is 6.28. The van der Waals surface area contributed by atoms with Crippen LogP contribution < -0.4 is 14.5 Å². The standard InChI is InChI=1S/C30H31FN4O4S/c1-5-39-28-14-16-29(17-15-28)40(37,38)34(26-10-6-21(2)7-11-26)20-30(36)33-32-19-24-18-22(3)35(23(24)4)27-12-8-25(31)9-13-27/h6-19H,5,20H2,1-4H3,(H,33,36)/b32-19+. The van der Waals surface area contributed by atoms with Crippen molar-refractivity contribution < 1.29 is 22.3 Å². The Bertz CT molecular complexity index is 1610. The molecule has 0 saturated carbocycles. The van der Waals surface area contributed by atoms with Crippen LogP contribution in [0, 0.1) is 26.6 Å². The molecule has 0 radical (unpaired) electrons. The van der Waals surface area contributed by atoms with E-state index in [0.717, 1.165) is 32.5 Å². The Morgan fingerprint density at radius 3 is 2.27 bits per heavy atom. The SMILES string of the molecule is CCOc1ccc(S(=O)(=O)N(CC(=O)N/N=C/c2cc(C)n(-c3ccc(F)cc3)c2C)c2ccc(C)cc2)cc1. The summed E-state index contributed by atoms with van der Waals surface area (Å²) in [6, 6.07) is 21.0. The Hall–Kier alpha value is -4.44. The molecule has 0 aliphatic rings. The number of hydrazone groups is 1. The number of nitrogens with one attached hydrogen (secondary N) is 1. The van der Waals surface area contributed by atoms with Crippen LogP contribution in [0.15, 0.2) is 88.9 Å². The largest absolute Gasteiger partial charge is 0.494 e. The van der Waals surface area contributed by atoms with E-state index in [1.54, 1.807) is 48.5 Å². The first-order valence-corrected chi connectivity index (χ1v) is 14.1. The number of rotatable bonds is 10. The van der Waals surface area contributed by atoms with Gasteiger partial charge in [0.15, 0.2) is 0 Å². The molecule has 0 spiro atoms. The van der Waals surface area contributed by atoms with Gasteiger partial charge in [0, 0.05) is 22.6 Å². The number of amides is 1. The Labute approximate surface area is 233 Å². The molecular weight excluding hydrogens is 531 g/mol. The van der Waals surface area contributed by atoms with E-state index in [-0.39, 0.29) is 10.7 Å². The van der Waals surface area contributed by atoms with Crippen LogP contribution in [0.5, 0.6) is 5.75 Å². The van der Waals surface area contributed by atoms with E-state index in [1.165, 1.54) is 30.5 Å². The van der Waals surface area contributed by atoms with Gasteiger partial charge in [-0.2, -0.15) is 5.10 Å². The lowest BCUT2D eigenvalue weighted by molar-refractivity contribution is -0.119. The summed E-state index contributed by atoms with van der Waals surface area (Å²) in [4.78, 5) is 12.9. The van der Waals surface area contributed by atoms with Crippen molar-refractivity contribution in [3.8, 4) is 11.4 Å². The van der Waals surface area contributed by atoms with Crippen molar-refractivity contribution in [2.45, 2.75) is 32.6 Å². The molecule has 0 aliphatic heterocycles. The molecular formula is C30H31FN4O4S. The lowest BCUT2D eigenvalue weighted by Crippen LogP contribution is -2.39. The van der Waals surface area contributed by atoms with Crippen molar-refractivity contribution in [1.82, 2.24) is 9.99 Å². The highest BCUT2D eigenvalue weighted by Gasteiger charge is 2.27. The summed E-state index contributed by atoms with van der Waals surface area (Å²) in [5.74, 6) is -0.382. The van der Waals surface area contributed by atoms with Gasteiger partial charge in [0.2, 0.25) is 0 Å². The van der Waals surface area contributed by atoms with Gasteiger partial charge < -0.3 is 9.30 Å². The molecule has 8 nitrogen and oxygen atoms in total. The number of carbonyl (C=O) groups excluding carboxylic acids is 1.